The van der Waals surface area contributed by atoms with Crippen LogP contribution in [0.3, 0.4) is 0 Å². The molecule has 1 unspecified atom stereocenters. The van der Waals surface area contributed by atoms with Gasteiger partial charge < -0.3 is 31.7 Å². The van der Waals surface area contributed by atoms with E-state index < -0.39 is 53.4 Å². The monoisotopic (exact) mass is 714 g/mol. The number of nitrogens with two attached hydrogens (primary N) is 1. The number of rotatable bonds is 16. The first-order valence-electron chi connectivity index (χ1n) is 15.8. The summed E-state index contributed by atoms with van der Waals surface area (Å²) < 4.78 is 15.6. The van der Waals surface area contributed by atoms with Crippen LogP contribution in [0, 0.1) is 5.82 Å². The molecule has 5 aromatic rings. The Morgan fingerprint density at radius 1 is 0.922 bits per heavy atom. The minimum absolute atomic E-state index is 0.151. The lowest BCUT2D eigenvalue weighted by Crippen LogP contribution is -2.49. The summed E-state index contributed by atoms with van der Waals surface area (Å²) in [5, 5.41) is 33.9. The molecule has 0 aliphatic rings. The summed E-state index contributed by atoms with van der Waals surface area (Å²) in [4.78, 5) is 58.0. The van der Waals surface area contributed by atoms with Gasteiger partial charge in [-0.2, -0.15) is 0 Å². The second-order valence-corrected chi connectivity index (χ2v) is 12.7. The average molecular weight is 715 g/mol. The van der Waals surface area contributed by atoms with Gasteiger partial charge in [-0.05, 0) is 29.7 Å². The van der Waals surface area contributed by atoms with E-state index in [2.05, 4.69) is 10.6 Å². The Hall–Kier alpha value is -5.80. The summed E-state index contributed by atoms with van der Waals surface area (Å²) in [7, 11) is 0. The number of carbonyl (C=O) groups excluding carboxylic acids is 2. The number of hydrogen-bond donors (Lipinski definition) is 6. The number of hydrogen-bond acceptors (Lipinski definition) is 9. The Kier molecular flexibility index (Phi) is 12.0. The van der Waals surface area contributed by atoms with E-state index >= 15 is 0 Å². The molecule has 0 saturated carbocycles. The molecule has 0 spiro atoms. The summed E-state index contributed by atoms with van der Waals surface area (Å²) in [6, 6.07) is 22.0. The molecule has 15 heteroatoms. The first kappa shape index (κ1) is 36.5. The lowest BCUT2D eigenvalue weighted by atomic mass is 10.1. The van der Waals surface area contributed by atoms with E-state index in [-0.39, 0.29) is 30.2 Å². The third-order valence-corrected chi connectivity index (χ3v) is 9.23. The van der Waals surface area contributed by atoms with E-state index in [1.807, 2.05) is 60.7 Å². The second kappa shape index (κ2) is 16.7. The minimum Gasteiger partial charge on any atom is -0.493 e. The minimum atomic E-state index is -1.30. The van der Waals surface area contributed by atoms with Crippen molar-refractivity contribution in [1.29, 1.82) is 0 Å². The van der Waals surface area contributed by atoms with Crippen LogP contribution < -0.4 is 16.4 Å². The van der Waals surface area contributed by atoms with Crippen LogP contribution in [-0.2, 0) is 25.6 Å². The number of benzene rings is 3. The molecule has 0 aliphatic carbocycles. The molecule has 2 amide bonds. The maximum Gasteiger partial charge on any atom is 0.322 e. The molecule has 2 aromatic heterocycles. The van der Waals surface area contributed by atoms with Gasteiger partial charge >= 0.3 is 11.9 Å². The molecule has 3 aromatic carbocycles. The van der Waals surface area contributed by atoms with Gasteiger partial charge in [0.2, 0.25) is 17.7 Å². The third kappa shape index (κ3) is 9.46. The molecule has 0 fully saturated rings. The molecule has 0 radical (unpaired) electrons. The van der Waals surface area contributed by atoms with Crippen LogP contribution in [0.15, 0.2) is 91.1 Å². The maximum atomic E-state index is 14.1. The molecule has 264 valence electrons. The quantitative estimate of drug-likeness (QED) is 0.0871. The lowest BCUT2D eigenvalue weighted by Gasteiger charge is -2.21. The van der Waals surface area contributed by atoms with Gasteiger partial charge in [0.1, 0.15) is 30.1 Å². The Balaban J connectivity index is 1.53. The predicted octanol–water partition coefficient (Wildman–Crippen LogP) is 3.53. The van der Waals surface area contributed by atoms with Crippen LogP contribution in [0.4, 0.5) is 4.39 Å². The summed E-state index contributed by atoms with van der Waals surface area (Å²) in [6.45, 7) is -0.713. The van der Waals surface area contributed by atoms with Crippen LogP contribution in [0.2, 0.25) is 0 Å². The second-order valence-electron chi connectivity index (χ2n) is 11.6. The molecular weight excluding hydrogens is 679 g/mol. The van der Waals surface area contributed by atoms with Crippen molar-refractivity contribution in [2.75, 3.05) is 12.3 Å². The molecule has 7 N–H and O–H groups in total. The molecule has 3 atom stereocenters. The average Bonchev–Trinajstić information content (AvgIpc) is 3.46. The van der Waals surface area contributed by atoms with Gasteiger partial charge in [0.25, 0.3) is 0 Å². The number of nitrogens with one attached hydrogen (secondary N) is 2. The zero-order valence-corrected chi connectivity index (χ0v) is 27.9. The van der Waals surface area contributed by atoms with Gasteiger partial charge in [-0.3, -0.25) is 23.6 Å². The van der Waals surface area contributed by atoms with Crippen molar-refractivity contribution in [2.24, 2.45) is 5.73 Å². The zero-order chi connectivity index (χ0) is 36.5. The SMILES string of the molecule is N[C@@H](CCC(=O)N[C@@H](CSC(c1ccc(F)cc1)c1nc2c(Cc3ccccc3)nc(-c3ccccc3)cn2c1O)C(=O)NCC(=O)O)C(=O)O. The van der Waals surface area contributed by atoms with Gasteiger partial charge in [0.15, 0.2) is 5.65 Å². The highest BCUT2D eigenvalue weighted by molar-refractivity contribution is 7.99. The molecule has 0 aliphatic heterocycles. The van der Waals surface area contributed by atoms with E-state index in [0.29, 0.717) is 29.0 Å². The van der Waals surface area contributed by atoms with Crippen molar-refractivity contribution in [2.45, 2.75) is 36.6 Å². The Morgan fingerprint density at radius 2 is 1.59 bits per heavy atom. The van der Waals surface area contributed by atoms with Crippen LogP contribution in [-0.4, -0.2) is 77.8 Å². The number of halogens is 1. The van der Waals surface area contributed by atoms with Crippen LogP contribution in [0.25, 0.3) is 16.9 Å². The van der Waals surface area contributed by atoms with E-state index in [1.165, 1.54) is 28.7 Å². The van der Waals surface area contributed by atoms with Crippen LogP contribution >= 0.6 is 11.8 Å². The van der Waals surface area contributed by atoms with Gasteiger partial charge in [0.05, 0.1) is 16.6 Å². The van der Waals surface area contributed by atoms with Crippen LogP contribution in [0.1, 0.15) is 40.6 Å². The number of imidazole rings is 1. The maximum absolute atomic E-state index is 14.1. The zero-order valence-electron chi connectivity index (χ0n) is 27.1. The fourth-order valence-electron chi connectivity index (χ4n) is 5.25. The molecule has 51 heavy (non-hydrogen) atoms. The van der Waals surface area contributed by atoms with Crippen molar-refractivity contribution in [1.82, 2.24) is 25.0 Å². The van der Waals surface area contributed by atoms with E-state index in [1.54, 1.807) is 6.20 Å². The number of nitrogens with zero attached hydrogens (tertiary/aromatic N) is 3. The van der Waals surface area contributed by atoms with Crippen molar-refractivity contribution in [3.05, 3.63) is 119 Å². The van der Waals surface area contributed by atoms with E-state index in [4.69, 9.17) is 25.9 Å². The number of thioether (sulfide) groups is 1. The fraction of sp³-hybridized carbons (Fsp3) is 0.222. The summed E-state index contributed by atoms with van der Waals surface area (Å²) in [6.07, 6.45) is 1.55. The highest BCUT2D eigenvalue weighted by Gasteiger charge is 2.29. The number of aliphatic carboxylic acids is 2. The first-order valence-corrected chi connectivity index (χ1v) is 16.9. The number of aromatic hydroxyl groups is 1. The smallest absolute Gasteiger partial charge is 0.322 e. The highest BCUT2D eigenvalue weighted by atomic mass is 32.2. The third-order valence-electron chi connectivity index (χ3n) is 7.88. The largest absolute Gasteiger partial charge is 0.493 e. The van der Waals surface area contributed by atoms with Gasteiger partial charge in [-0.25, -0.2) is 14.4 Å². The predicted molar refractivity (Wildman–Crippen MR) is 187 cm³/mol. The van der Waals surface area contributed by atoms with E-state index in [9.17, 15) is 28.7 Å². The number of carboxylic acid groups (broad SMARTS) is 2. The Morgan fingerprint density at radius 3 is 2.24 bits per heavy atom. The van der Waals surface area contributed by atoms with Gasteiger partial charge in [-0.15, -0.1) is 11.8 Å². The Labute approximate surface area is 295 Å². The molecule has 13 nitrogen and oxygen atoms in total. The lowest BCUT2D eigenvalue weighted by molar-refractivity contribution is -0.139. The topological polar surface area (TPSA) is 209 Å². The van der Waals surface area contributed by atoms with Crippen molar-refractivity contribution < 1.29 is 38.9 Å². The number of fused-ring (bicyclic) bond motifs is 1. The summed E-state index contributed by atoms with van der Waals surface area (Å²) >= 11 is 1.09. The number of carbonyl (C=O) groups is 4. The highest BCUT2D eigenvalue weighted by Crippen LogP contribution is 2.41. The molecule has 0 bridgehead atoms. The summed E-state index contributed by atoms with van der Waals surface area (Å²) in [5.74, 6) is -4.95. The van der Waals surface area contributed by atoms with Crippen LogP contribution in [0.5, 0.6) is 5.88 Å². The number of aromatic nitrogens is 3. The van der Waals surface area contributed by atoms with Crippen molar-refractivity contribution in [3.63, 3.8) is 0 Å². The fourth-order valence-corrected chi connectivity index (χ4v) is 6.54. The Bertz CT molecular complexity index is 2010. The normalized spacial score (nSPS) is 12.9. The van der Waals surface area contributed by atoms with E-state index in [0.717, 1.165) is 22.9 Å². The van der Waals surface area contributed by atoms with Crippen molar-refractivity contribution in [3.8, 4) is 17.1 Å². The van der Waals surface area contributed by atoms with Gasteiger partial charge in [-0.1, -0.05) is 72.8 Å². The molecular formula is C36H35FN6O7S. The first-order chi connectivity index (χ1) is 24.5. The van der Waals surface area contributed by atoms with Crippen molar-refractivity contribution >= 4 is 41.2 Å². The number of amides is 2. The van der Waals surface area contributed by atoms with Gasteiger partial charge in [0, 0.05) is 30.4 Å². The number of carboxylic acids is 2. The standard InChI is InChI=1S/C36H35FN6O7S/c37-24-13-11-23(12-14-24)32(51-20-28(34(47)39-18-30(45)46)41-29(44)16-15-25(38)36(49)50)31-35(48)43-19-27(22-9-5-2-6-10-22)40-26(33(43)42-31)17-21-7-3-1-4-8-21/h1-14,19,25,28,32,48H,15-18,20,38H2,(H,39,47)(H,41,44)(H,45,46)(H,49,50)/t25-,28-,32?/m0/s1. The molecule has 2 heterocycles. The molecule has 5 rings (SSSR count). The molecule has 0 saturated heterocycles. The summed E-state index contributed by atoms with van der Waals surface area (Å²) in [5.41, 5.74) is 9.52.